The van der Waals surface area contributed by atoms with Crippen LogP contribution >= 0.6 is 0 Å². The van der Waals surface area contributed by atoms with Gasteiger partial charge in [-0.1, -0.05) is 17.7 Å². The predicted molar refractivity (Wildman–Crippen MR) is 108 cm³/mol. The molecule has 1 fully saturated rings. The van der Waals surface area contributed by atoms with Gasteiger partial charge >= 0.3 is 0 Å². The van der Waals surface area contributed by atoms with Crippen LogP contribution in [-0.2, 0) is 11.3 Å². The molecule has 1 aliphatic rings. The predicted octanol–water partition coefficient (Wildman–Crippen LogP) is 2.60. The molecule has 0 N–H and O–H groups in total. The zero-order valence-electron chi connectivity index (χ0n) is 16.4. The van der Waals surface area contributed by atoms with Crippen molar-refractivity contribution in [1.82, 2.24) is 24.2 Å². The first-order chi connectivity index (χ1) is 13.5. The lowest BCUT2D eigenvalue weighted by molar-refractivity contribution is -0.132. The van der Waals surface area contributed by atoms with Crippen LogP contribution in [0.25, 0.3) is 16.7 Å². The first-order valence-corrected chi connectivity index (χ1v) is 9.84. The average molecular weight is 379 g/mol. The number of carbonyl (C=O) groups excluding carboxylic acids is 1. The van der Waals surface area contributed by atoms with Gasteiger partial charge in [0.1, 0.15) is 11.2 Å². The molecule has 0 bridgehead atoms. The van der Waals surface area contributed by atoms with E-state index in [-0.39, 0.29) is 11.5 Å². The summed E-state index contributed by atoms with van der Waals surface area (Å²) in [6.45, 7) is 5.83. The number of aryl methyl sites for hydroxylation is 2. The topological polar surface area (TPSA) is 73.0 Å². The minimum Gasteiger partial charge on any atom is -0.343 e. The monoisotopic (exact) mass is 379 g/mol. The molecule has 0 atom stereocenters. The number of nitrogens with zero attached hydrogens (tertiary/aromatic N) is 5. The number of rotatable bonds is 4. The maximum Gasteiger partial charge on any atom is 0.264 e. The van der Waals surface area contributed by atoms with Gasteiger partial charge in [-0.25, -0.2) is 9.67 Å². The number of carbonyl (C=O) groups is 1. The summed E-state index contributed by atoms with van der Waals surface area (Å²) in [6.07, 6.45) is 5.20. The Balaban J connectivity index is 1.61. The highest BCUT2D eigenvalue weighted by Gasteiger charge is 2.18. The molecule has 0 radical (unpaired) electrons. The number of likely N-dealkylation sites (tertiary alicyclic amines) is 1. The molecule has 0 spiro atoms. The van der Waals surface area contributed by atoms with E-state index in [0.29, 0.717) is 29.8 Å². The van der Waals surface area contributed by atoms with Crippen molar-refractivity contribution in [2.45, 2.75) is 46.1 Å². The number of amides is 1. The number of aromatic nitrogens is 4. The van der Waals surface area contributed by atoms with Crippen molar-refractivity contribution in [3.8, 4) is 5.69 Å². The summed E-state index contributed by atoms with van der Waals surface area (Å²) in [6, 6.07) is 7.93. The van der Waals surface area contributed by atoms with Gasteiger partial charge < -0.3 is 4.90 Å². The van der Waals surface area contributed by atoms with Crippen LogP contribution < -0.4 is 5.56 Å². The van der Waals surface area contributed by atoms with Crippen molar-refractivity contribution in [1.29, 1.82) is 0 Å². The maximum atomic E-state index is 13.0. The fourth-order valence-electron chi connectivity index (χ4n) is 3.75. The van der Waals surface area contributed by atoms with Gasteiger partial charge in [-0.3, -0.25) is 14.2 Å². The molecule has 28 heavy (non-hydrogen) atoms. The summed E-state index contributed by atoms with van der Waals surface area (Å²) < 4.78 is 3.28. The van der Waals surface area contributed by atoms with Gasteiger partial charge in [-0.05, 0) is 45.2 Å². The van der Waals surface area contributed by atoms with E-state index >= 15 is 0 Å². The van der Waals surface area contributed by atoms with Crippen LogP contribution in [0, 0.1) is 13.8 Å². The molecule has 1 amide bonds. The highest BCUT2D eigenvalue weighted by atomic mass is 16.2. The molecule has 7 heteroatoms. The third kappa shape index (κ3) is 3.44. The van der Waals surface area contributed by atoms with Gasteiger partial charge in [0.05, 0.1) is 11.9 Å². The SMILES string of the molecule is Cc1ccc(-n2ncc3c(=O)n(CCC(=O)N4CCCCC4)c(C)nc32)cc1. The van der Waals surface area contributed by atoms with E-state index in [1.807, 2.05) is 36.1 Å². The van der Waals surface area contributed by atoms with E-state index in [2.05, 4.69) is 10.1 Å². The van der Waals surface area contributed by atoms with Crippen molar-refractivity contribution < 1.29 is 4.79 Å². The molecular formula is C21H25N5O2. The smallest absolute Gasteiger partial charge is 0.264 e. The zero-order valence-corrected chi connectivity index (χ0v) is 16.4. The van der Waals surface area contributed by atoms with Crippen molar-refractivity contribution in [2.24, 2.45) is 0 Å². The Morgan fingerprint density at radius 2 is 1.79 bits per heavy atom. The third-order valence-corrected chi connectivity index (χ3v) is 5.41. The van der Waals surface area contributed by atoms with E-state index in [4.69, 9.17) is 0 Å². The second-order valence-electron chi connectivity index (χ2n) is 7.44. The van der Waals surface area contributed by atoms with Crippen LogP contribution in [0.4, 0.5) is 0 Å². The van der Waals surface area contributed by atoms with Gasteiger partial charge in [0.15, 0.2) is 5.65 Å². The van der Waals surface area contributed by atoms with Gasteiger partial charge in [0.25, 0.3) is 5.56 Å². The number of benzene rings is 1. The number of fused-ring (bicyclic) bond motifs is 1. The van der Waals surface area contributed by atoms with Crippen LogP contribution in [-0.4, -0.2) is 43.2 Å². The molecule has 7 nitrogen and oxygen atoms in total. The fourth-order valence-corrected chi connectivity index (χ4v) is 3.75. The number of hydrogen-bond acceptors (Lipinski definition) is 4. The minimum absolute atomic E-state index is 0.112. The quantitative estimate of drug-likeness (QED) is 0.698. The molecule has 2 aromatic heterocycles. The lowest BCUT2D eigenvalue weighted by Crippen LogP contribution is -2.36. The zero-order chi connectivity index (χ0) is 19.7. The fraction of sp³-hybridized carbons (Fsp3) is 0.429. The number of hydrogen-bond donors (Lipinski definition) is 0. The molecule has 3 aromatic rings. The Labute approximate surface area is 163 Å². The third-order valence-electron chi connectivity index (χ3n) is 5.41. The Hall–Kier alpha value is -2.96. The molecule has 0 saturated carbocycles. The van der Waals surface area contributed by atoms with E-state index < -0.39 is 0 Å². The largest absolute Gasteiger partial charge is 0.343 e. The van der Waals surface area contributed by atoms with Gasteiger partial charge in [0.2, 0.25) is 5.91 Å². The van der Waals surface area contributed by atoms with E-state index in [9.17, 15) is 9.59 Å². The molecule has 0 unspecified atom stereocenters. The summed E-state index contributed by atoms with van der Waals surface area (Å²) in [5, 5.41) is 4.84. The molecule has 146 valence electrons. The van der Waals surface area contributed by atoms with Crippen LogP contribution in [0.2, 0.25) is 0 Å². The molecule has 1 aromatic carbocycles. The molecule has 4 rings (SSSR count). The van der Waals surface area contributed by atoms with Crippen LogP contribution in [0.1, 0.15) is 37.1 Å². The Kier molecular flexibility index (Phi) is 4.98. The second kappa shape index (κ2) is 7.58. The first kappa shape index (κ1) is 18.4. The summed E-state index contributed by atoms with van der Waals surface area (Å²) in [4.78, 5) is 32.0. The van der Waals surface area contributed by atoms with E-state index in [1.54, 1.807) is 22.4 Å². The highest BCUT2D eigenvalue weighted by Crippen LogP contribution is 2.16. The lowest BCUT2D eigenvalue weighted by atomic mass is 10.1. The van der Waals surface area contributed by atoms with Gasteiger partial charge in [0, 0.05) is 26.1 Å². The summed E-state index contributed by atoms with van der Waals surface area (Å²) >= 11 is 0. The Bertz CT molecular complexity index is 1060. The number of piperidine rings is 1. The van der Waals surface area contributed by atoms with Crippen LogP contribution in [0.5, 0.6) is 0 Å². The van der Waals surface area contributed by atoms with Crippen LogP contribution in [0.15, 0.2) is 35.3 Å². The molecule has 1 aliphatic heterocycles. The average Bonchev–Trinajstić information content (AvgIpc) is 3.13. The van der Waals surface area contributed by atoms with Crippen molar-refractivity contribution >= 4 is 16.9 Å². The van der Waals surface area contributed by atoms with E-state index in [0.717, 1.165) is 37.2 Å². The molecule has 3 heterocycles. The van der Waals surface area contributed by atoms with Crippen molar-refractivity contribution in [3.63, 3.8) is 0 Å². The van der Waals surface area contributed by atoms with Crippen LogP contribution in [0.3, 0.4) is 0 Å². The summed E-state index contributed by atoms with van der Waals surface area (Å²) in [7, 11) is 0. The van der Waals surface area contributed by atoms with Crippen molar-refractivity contribution in [2.75, 3.05) is 13.1 Å². The van der Waals surface area contributed by atoms with Gasteiger partial charge in [-0.2, -0.15) is 5.10 Å². The first-order valence-electron chi connectivity index (χ1n) is 9.84. The standard InChI is InChI=1S/C21H25N5O2/c1-15-6-8-17(9-7-15)26-20-18(14-22-26)21(28)25(16(2)23-20)13-10-19(27)24-11-4-3-5-12-24/h6-9,14H,3-5,10-13H2,1-2H3. The molecule has 1 saturated heterocycles. The normalized spacial score (nSPS) is 14.6. The maximum absolute atomic E-state index is 13.0. The molecule has 0 aliphatic carbocycles. The van der Waals surface area contributed by atoms with Gasteiger partial charge in [-0.15, -0.1) is 0 Å². The summed E-state index contributed by atoms with van der Waals surface area (Å²) in [5.74, 6) is 0.708. The minimum atomic E-state index is -0.146. The van der Waals surface area contributed by atoms with E-state index in [1.165, 1.54) is 6.42 Å². The summed E-state index contributed by atoms with van der Waals surface area (Å²) in [5.41, 5.74) is 2.42. The van der Waals surface area contributed by atoms with Crippen molar-refractivity contribution in [3.05, 3.63) is 52.2 Å². The Morgan fingerprint density at radius 1 is 1.07 bits per heavy atom. The molecular weight excluding hydrogens is 354 g/mol. The second-order valence-corrected chi connectivity index (χ2v) is 7.44. The Morgan fingerprint density at radius 3 is 2.50 bits per heavy atom. The lowest BCUT2D eigenvalue weighted by Gasteiger charge is -2.26. The highest BCUT2D eigenvalue weighted by molar-refractivity contribution is 5.77.